The first-order valence-electron chi connectivity index (χ1n) is 7.77. The van der Waals surface area contributed by atoms with E-state index >= 15 is 0 Å². The Labute approximate surface area is 147 Å². The second-order valence-corrected chi connectivity index (χ2v) is 5.38. The summed E-state index contributed by atoms with van der Waals surface area (Å²) in [7, 11) is 1.56. The van der Waals surface area contributed by atoms with Gasteiger partial charge in [0.2, 0.25) is 0 Å². The van der Waals surface area contributed by atoms with Gasteiger partial charge in [-0.05, 0) is 16.5 Å². The summed E-state index contributed by atoms with van der Waals surface area (Å²) >= 11 is 0. The predicted molar refractivity (Wildman–Crippen MR) is 86.5 cm³/mol. The first-order chi connectivity index (χ1) is 12.8. The van der Waals surface area contributed by atoms with Crippen molar-refractivity contribution in [1.29, 1.82) is 0 Å². The van der Waals surface area contributed by atoms with Gasteiger partial charge in [-0.2, -0.15) is 9.78 Å². The molecule has 1 aliphatic rings. The number of rotatable bonds is 5. The molecule has 1 aromatic carbocycles. The fourth-order valence-electron chi connectivity index (χ4n) is 2.60. The summed E-state index contributed by atoms with van der Waals surface area (Å²) in [6, 6.07) is 3.55. The van der Waals surface area contributed by atoms with Crippen LogP contribution in [0.25, 0.3) is 5.82 Å². The number of ether oxygens (including phenoxy) is 3. The molecule has 0 radical (unpaired) electrons. The van der Waals surface area contributed by atoms with Gasteiger partial charge in [0.15, 0.2) is 17.3 Å². The van der Waals surface area contributed by atoms with Gasteiger partial charge in [0.25, 0.3) is 5.91 Å². The topological polar surface area (TPSA) is 129 Å². The van der Waals surface area contributed by atoms with Gasteiger partial charge < -0.3 is 19.5 Å². The standard InChI is InChI=1S/C15H15N7O4/c1-24-11-5-13-12(25-2-3-26-13)4-9(11)6-16-15(23)10-7-17-19-14(10)22-8-18-20-21-22/h4-5,7-8H,2-3,6H2,1H3,(H,16,23)(H,17,19). The number of hydrogen-bond acceptors (Lipinski definition) is 8. The van der Waals surface area contributed by atoms with Crippen LogP contribution in [-0.4, -0.2) is 56.6 Å². The third kappa shape index (κ3) is 2.90. The Morgan fingerprint density at radius 2 is 2.15 bits per heavy atom. The van der Waals surface area contributed by atoms with E-state index in [2.05, 4.69) is 31.0 Å². The van der Waals surface area contributed by atoms with Crippen LogP contribution in [-0.2, 0) is 6.54 Å². The van der Waals surface area contributed by atoms with E-state index in [-0.39, 0.29) is 12.5 Å². The zero-order valence-electron chi connectivity index (χ0n) is 13.8. The SMILES string of the molecule is COc1cc2c(cc1CNC(=O)c1cn[nH]c1-n1cnnn1)OCCO2. The second kappa shape index (κ2) is 6.70. The highest BCUT2D eigenvalue weighted by Gasteiger charge is 2.19. The third-order valence-corrected chi connectivity index (χ3v) is 3.83. The maximum atomic E-state index is 12.5. The van der Waals surface area contributed by atoms with Crippen molar-refractivity contribution < 1.29 is 19.0 Å². The lowest BCUT2D eigenvalue weighted by Crippen LogP contribution is -2.24. The molecule has 0 aliphatic carbocycles. The molecule has 0 bridgehead atoms. The minimum atomic E-state index is -0.332. The molecule has 0 saturated heterocycles. The maximum Gasteiger partial charge on any atom is 0.257 e. The summed E-state index contributed by atoms with van der Waals surface area (Å²) in [5.41, 5.74) is 1.08. The summed E-state index contributed by atoms with van der Waals surface area (Å²) in [4.78, 5) is 12.5. The highest BCUT2D eigenvalue weighted by molar-refractivity contribution is 5.96. The minimum Gasteiger partial charge on any atom is -0.496 e. The number of nitrogens with one attached hydrogen (secondary N) is 2. The molecule has 3 aromatic rings. The first-order valence-corrected chi connectivity index (χ1v) is 7.77. The molecule has 1 amide bonds. The summed E-state index contributed by atoms with van der Waals surface area (Å²) < 4.78 is 17.8. The zero-order chi connectivity index (χ0) is 17.9. The van der Waals surface area contributed by atoms with E-state index < -0.39 is 0 Å². The van der Waals surface area contributed by atoms with Crippen LogP contribution in [0.4, 0.5) is 0 Å². The van der Waals surface area contributed by atoms with Crippen LogP contribution in [0.3, 0.4) is 0 Å². The fraction of sp³-hybridized carbons (Fsp3) is 0.267. The number of methoxy groups -OCH3 is 1. The summed E-state index contributed by atoms with van der Waals surface area (Å²) in [6.45, 7) is 1.21. The quantitative estimate of drug-likeness (QED) is 0.657. The highest BCUT2D eigenvalue weighted by Crippen LogP contribution is 2.36. The Balaban J connectivity index is 1.53. The third-order valence-electron chi connectivity index (χ3n) is 3.83. The number of carbonyl (C=O) groups is 1. The molecule has 0 fully saturated rings. The molecule has 3 heterocycles. The van der Waals surface area contributed by atoms with Gasteiger partial charge in [0.05, 0.1) is 13.3 Å². The second-order valence-electron chi connectivity index (χ2n) is 5.38. The van der Waals surface area contributed by atoms with E-state index in [4.69, 9.17) is 14.2 Å². The van der Waals surface area contributed by atoms with Crippen molar-refractivity contribution >= 4 is 5.91 Å². The number of aromatic nitrogens is 6. The molecular weight excluding hydrogens is 342 g/mol. The molecule has 2 N–H and O–H groups in total. The number of aromatic amines is 1. The first kappa shape index (κ1) is 15.9. The Bertz CT molecular complexity index is 922. The smallest absolute Gasteiger partial charge is 0.257 e. The monoisotopic (exact) mass is 357 g/mol. The maximum absolute atomic E-state index is 12.5. The van der Waals surface area contributed by atoms with Gasteiger partial charge >= 0.3 is 0 Å². The molecule has 11 nitrogen and oxygen atoms in total. The molecule has 1 aliphatic heterocycles. The molecule has 4 rings (SSSR count). The van der Waals surface area contributed by atoms with Gasteiger partial charge in [0.1, 0.15) is 30.9 Å². The Morgan fingerprint density at radius 3 is 2.88 bits per heavy atom. The van der Waals surface area contributed by atoms with Crippen molar-refractivity contribution in [2.45, 2.75) is 6.54 Å². The van der Waals surface area contributed by atoms with Crippen molar-refractivity contribution in [3.8, 4) is 23.1 Å². The van der Waals surface area contributed by atoms with Crippen molar-refractivity contribution in [1.82, 2.24) is 35.7 Å². The molecule has 134 valence electrons. The van der Waals surface area contributed by atoms with Crippen molar-refractivity contribution in [2.24, 2.45) is 0 Å². The molecule has 0 spiro atoms. The lowest BCUT2D eigenvalue weighted by atomic mass is 10.1. The van der Waals surface area contributed by atoms with Gasteiger partial charge in [-0.1, -0.05) is 0 Å². The van der Waals surface area contributed by atoms with E-state index in [0.717, 1.165) is 5.56 Å². The predicted octanol–water partition coefficient (Wildman–Crippen LogP) is 0.0952. The number of carbonyl (C=O) groups excluding carboxylic acids is 1. The minimum absolute atomic E-state index is 0.235. The van der Waals surface area contributed by atoms with Gasteiger partial charge in [-0.25, -0.2) is 0 Å². The van der Waals surface area contributed by atoms with Crippen LogP contribution < -0.4 is 19.5 Å². The van der Waals surface area contributed by atoms with E-state index in [1.54, 1.807) is 19.2 Å². The van der Waals surface area contributed by atoms with Crippen LogP contribution in [0.2, 0.25) is 0 Å². The van der Waals surface area contributed by atoms with Crippen LogP contribution in [0.1, 0.15) is 15.9 Å². The molecule has 0 atom stereocenters. The average molecular weight is 357 g/mol. The van der Waals surface area contributed by atoms with E-state index in [0.29, 0.717) is 41.8 Å². The number of tetrazole rings is 1. The van der Waals surface area contributed by atoms with Gasteiger partial charge in [-0.15, -0.1) is 5.10 Å². The van der Waals surface area contributed by atoms with Crippen molar-refractivity contribution in [3.63, 3.8) is 0 Å². The fourth-order valence-corrected chi connectivity index (χ4v) is 2.60. The van der Waals surface area contributed by atoms with Gasteiger partial charge in [0, 0.05) is 18.2 Å². The lowest BCUT2D eigenvalue weighted by molar-refractivity contribution is 0.0950. The normalized spacial score (nSPS) is 12.7. The molecular formula is C15H15N7O4. The number of hydrogen-bond donors (Lipinski definition) is 2. The number of benzene rings is 1. The summed E-state index contributed by atoms with van der Waals surface area (Å²) in [5, 5.41) is 20.3. The highest BCUT2D eigenvalue weighted by atomic mass is 16.6. The van der Waals surface area contributed by atoms with Crippen molar-refractivity contribution in [3.05, 3.63) is 35.8 Å². The number of amides is 1. The largest absolute Gasteiger partial charge is 0.496 e. The van der Waals surface area contributed by atoms with E-state index in [9.17, 15) is 4.79 Å². The molecule has 11 heteroatoms. The van der Waals surface area contributed by atoms with Crippen LogP contribution in [0, 0.1) is 0 Å². The lowest BCUT2D eigenvalue weighted by Gasteiger charge is -2.20. The number of nitrogens with zero attached hydrogens (tertiary/aromatic N) is 5. The molecule has 2 aromatic heterocycles. The number of H-pyrrole nitrogens is 1. The zero-order valence-corrected chi connectivity index (χ0v) is 13.8. The Morgan fingerprint density at radius 1 is 1.35 bits per heavy atom. The van der Waals surface area contributed by atoms with Crippen LogP contribution in [0.15, 0.2) is 24.7 Å². The van der Waals surface area contributed by atoms with Gasteiger partial charge in [-0.3, -0.25) is 9.89 Å². The van der Waals surface area contributed by atoms with E-state index in [1.165, 1.54) is 17.2 Å². The summed E-state index contributed by atoms with van der Waals surface area (Å²) in [6.07, 6.45) is 2.78. The van der Waals surface area contributed by atoms with Crippen LogP contribution in [0.5, 0.6) is 17.2 Å². The Hall–Kier alpha value is -3.63. The van der Waals surface area contributed by atoms with E-state index in [1.807, 2.05) is 0 Å². The van der Waals surface area contributed by atoms with Crippen LogP contribution >= 0.6 is 0 Å². The molecule has 0 saturated carbocycles. The summed E-state index contributed by atoms with van der Waals surface area (Å²) in [5.74, 6) is 1.89. The number of fused-ring (bicyclic) bond motifs is 1. The van der Waals surface area contributed by atoms with Crippen molar-refractivity contribution in [2.75, 3.05) is 20.3 Å². The molecule has 26 heavy (non-hydrogen) atoms. The Kier molecular flexibility index (Phi) is 4.09. The molecule has 0 unspecified atom stereocenters. The average Bonchev–Trinajstić information content (AvgIpc) is 3.36.